The number of hydrogen-bond donors (Lipinski definition) is 0. The van der Waals surface area contributed by atoms with E-state index in [1.807, 2.05) is 16.8 Å². The van der Waals surface area contributed by atoms with Gasteiger partial charge in [-0.25, -0.2) is 4.98 Å². The monoisotopic (exact) mass is 322 g/mol. The molecule has 4 rings (SSSR count). The molecule has 1 saturated heterocycles. The normalized spacial score (nSPS) is 18.8. The maximum absolute atomic E-state index is 4.55. The summed E-state index contributed by atoms with van der Waals surface area (Å²) in [4.78, 5) is 9.34. The number of likely N-dealkylation sites (tertiary alicyclic amines) is 1. The van der Waals surface area contributed by atoms with Crippen LogP contribution >= 0.6 is 0 Å². The zero-order valence-electron chi connectivity index (χ0n) is 13.9. The lowest BCUT2D eigenvalue weighted by atomic mass is 10.0. The van der Waals surface area contributed by atoms with E-state index in [0.29, 0.717) is 6.04 Å². The van der Waals surface area contributed by atoms with Gasteiger partial charge in [-0.3, -0.25) is 9.30 Å². The first-order valence-corrected chi connectivity index (χ1v) is 8.45. The average Bonchev–Trinajstić information content (AvgIpc) is 3.11. The molecule has 0 radical (unpaired) electrons. The smallest absolute Gasteiger partial charge is 0.203 e. The van der Waals surface area contributed by atoms with Gasteiger partial charge >= 0.3 is 0 Å². The van der Waals surface area contributed by atoms with Crippen LogP contribution in [-0.4, -0.2) is 50.7 Å². The van der Waals surface area contributed by atoms with Crippen LogP contribution in [0.15, 0.2) is 49.1 Å². The van der Waals surface area contributed by atoms with Gasteiger partial charge in [-0.2, -0.15) is 0 Å². The van der Waals surface area contributed by atoms with Gasteiger partial charge in [-0.1, -0.05) is 30.3 Å². The molecule has 1 aliphatic heterocycles. The SMILES string of the molecule is CN(c1nccn2cnnc12)[C@H]1CCCN(Cc2ccccc2)C1. The molecule has 6 nitrogen and oxygen atoms in total. The van der Waals surface area contributed by atoms with E-state index in [1.165, 1.54) is 18.4 Å². The molecule has 1 atom stereocenters. The van der Waals surface area contributed by atoms with Crippen LogP contribution < -0.4 is 4.90 Å². The molecule has 3 heterocycles. The minimum absolute atomic E-state index is 0.442. The van der Waals surface area contributed by atoms with E-state index in [0.717, 1.165) is 31.1 Å². The van der Waals surface area contributed by atoms with E-state index in [-0.39, 0.29) is 0 Å². The van der Waals surface area contributed by atoms with Crippen molar-refractivity contribution >= 4 is 11.5 Å². The van der Waals surface area contributed by atoms with Crippen molar-refractivity contribution in [3.8, 4) is 0 Å². The zero-order chi connectivity index (χ0) is 16.4. The number of likely N-dealkylation sites (N-methyl/N-ethyl adjacent to an activating group) is 1. The maximum atomic E-state index is 4.55. The number of anilines is 1. The fraction of sp³-hybridized carbons (Fsp3) is 0.389. The summed E-state index contributed by atoms with van der Waals surface area (Å²) in [5, 5.41) is 8.21. The first kappa shape index (κ1) is 15.1. The highest BCUT2D eigenvalue weighted by Gasteiger charge is 2.25. The Hall–Kier alpha value is -2.47. The van der Waals surface area contributed by atoms with Gasteiger partial charge in [-0.15, -0.1) is 10.2 Å². The highest BCUT2D eigenvalue weighted by Crippen LogP contribution is 2.23. The summed E-state index contributed by atoms with van der Waals surface area (Å²) in [6.45, 7) is 3.21. The zero-order valence-corrected chi connectivity index (χ0v) is 13.9. The van der Waals surface area contributed by atoms with E-state index in [4.69, 9.17) is 0 Å². The summed E-state index contributed by atoms with van der Waals surface area (Å²) in [5.74, 6) is 0.904. The highest BCUT2D eigenvalue weighted by atomic mass is 15.3. The molecule has 24 heavy (non-hydrogen) atoms. The van der Waals surface area contributed by atoms with Gasteiger partial charge in [0, 0.05) is 38.6 Å². The number of nitrogens with zero attached hydrogens (tertiary/aromatic N) is 6. The third kappa shape index (κ3) is 2.97. The lowest BCUT2D eigenvalue weighted by Crippen LogP contribution is -2.46. The minimum atomic E-state index is 0.442. The summed E-state index contributed by atoms with van der Waals surface area (Å²) in [5.41, 5.74) is 2.19. The fourth-order valence-corrected chi connectivity index (χ4v) is 3.50. The van der Waals surface area contributed by atoms with Crippen molar-refractivity contribution in [2.45, 2.75) is 25.4 Å². The largest absolute Gasteiger partial charge is 0.352 e. The molecule has 0 bridgehead atoms. The van der Waals surface area contributed by atoms with Crippen molar-refractivity contribution in [2.24, 2.45) is 0 Å². The second-order valence-electron chi connectivity index (χ2n) is 6.44. The Morgan fingerprint density at radius 1 is 1.25 bits per heavy atom. The summed E-state index contributed by atoms with van der Waals surface area (Å²) in [6.07, 6.45) is 7.80. The predicted molar refractivity (Wildman–Crippen MR) is 93.9 cm³/mol. The second-order valence-corrected chi connectivity index (χ2v) is 6.44. The third-order valence-corrected chi connectivity index (χ3v) is 4.81. The molecular weight excluding hydrogens is 300 g/mol. The van der Waals surface area contributed by atoms with Crippen LogP contribution in [0.4, 0.5) is 5.82 Å². The fourth-order valence-electron chi connectivity index (χ4n) is 3.50. The molecular formula is C18H22N6. The number of fused-ring (bicyclic) bond motifs is 1. The standard InChI is InChI=1S/C18H22N6/c1-22(17-18-21-20-14-24(18)11-9-19-17)16-8-5-10-23(13-16)12-15-6-3-2-4-7-15/h2-4,6-7,9,11,14,16H,5,8,10,12-13H2,1H3/t16-/m0/s1. The molecule has 3 aromatic rings. The van der Waals surface area contributed by atoms with Crippen molar-refractivity contribution in [3.05, 3.63) is 54.6 Å². The Morgan fingerprint density at radius 3 is 3.00 bits per heavy atom. The molecule has 0 N–H and O–H groups in total. The van der Waals surface area contributed by atoms with Crippen molar-refractivity contribution < 1.29 is 0 Å². The van der Waals surface area contributed by atoms with E-state index >= 15 is 0 Å². The molecule has 0 saturated carbocycles. The lowest BCUT2D eigenvalue weighted by Gasteiger charge is -2.38. The van der Waals surface area contributed by atoms with Gasteiger partial charge in [0.25, 0.3) is 0 Å². The summed E-state index contributed by atoms with van der Waals surface area (Å²) >= 11 is 0. The van der Waals surface area contributed by atoms with Gasteiger partial charge in [-0.05, 0) is 24.9 Å². The van der Waals surface area contributed by atoms with Crippen LogP contribution in [0.25, 0.3) is 5.65 Å². The summed E-state index contributed by atoms with van der Waals surface area (Å²) < 4.78 is 1.92. The maximum Gasteiger partial charge on any atom is 0.203 e. The van der Waals surface area contributed by atoms with Crippen LogP contribution in [0.3, 0.4) is 0 Å². The lowest BCUT2D eigenvalue weighted by molar-refractivity contribution is 0.198. The molecule has 0 spiro atoms. The van der Waals surface area contributed by atoms with Crippen LogP contribution in [0.2, 0.25) is 0 Å². The number of piperidine rings is 1. The predicted octanol–water partition coefficient (Wildman–Crippen LogP) is 2.23. The molecule has 1 aromatic carbocycles. The number of aromatic nitrogens is 4. The highest BCUT2D eigenvalue weighted by molar-refractivity contribution is 5.63. The van der Waals surface area contributed by atoms with Crippen LogP contribution in [0, 0.1) is 0 Å². The number of hydrogen-bond acceptors (Lipinski definition) is 5. The first-order valence-electron chi connectivity index (χ1n) is 8.45. The van der Waals surface area contributed by atoms with Crippen molar-refractivity contribution in [1.82, 2.24) is 24.5 Å². The Bertz CT molecular complexity index is 799. The van der Waals surface area contributed by atoms with E-state index in [2.05, 4.69) is 62.4 Å². The topological polar surface area (TPSA) is 49.6 Å². The Kier molecular flexibility index (Phi) is 4.13. The molecule has 124 valence electrons. The quantitative estimate of drug-likeness (QED) is 0.737. The summed E-state index contributed by atoms with van der Waals surface area (Å²) in [7, 11) is 2.12. The molecule has 0 unspecified atom stereocenters. The average molecular weight is 322 g/mol. The Balaban J connectivity index is 1.50. The second kappa shape index (κ2) is 6.57. The number of benzene rings is 1. The van der Waals surface area contributed by atoms with Crippen LogP contribution in [-0.2, 0) is 6.54 Å². The summed E-state index contributed by atoms with van der Waals surface area (Å²) in [6, 6.07) is 11.1. The van der Waals surface area contributed by atoms with Crippen molar-refractivity contribution in [3.63, 3.8) is 0 Å². The van der Waals surface area contributed by atoms with Gasteiger partial charge < -0.3 is 4.90 Å². The molecule has 0 aliphatic carbocycles. The Labute approximate surface area is 141 Å². The molecule has 0 amide bonds. The first-order chi connectivity index (χ1) is 11.8. The van der Waals surface area contributed by atoms with Crippen molar-refractivity contribution in [2.75, 3.05) is 25.0 Å². The van der Waals surface area contributed by atoms with E-state index in [1.54, 1.807) is 6.33 Å². The Morgan fingerprint density at radius 2 is 2.12 bits per heavy atom. The molecule has 1 aliphatic rings. The molecule has 2 aromatic heterocycles. The van der Waals surface area contributed by atoms with E-state index in [9.17, 15) is 0 Å². The van der Waals surface area contributed by atoms with Gasteiger partial charge in [0.05, 0.1) is 0 Å². The van der Waals surface area contributed by atoms with Gasteiger partial charge in [0.15, 0.2) is 5.82 Å². The molecule has 1 fully saturated rings. The minimum Gasteiger partial charge on any atom is -0.352 e. The van der Waals surface area contributed by atoms with E-state index < -0.39 is 0 Å². The van der Waals surface area contributed by atoms with Gasteiger partial charge in [0.2, 0.25) is 5.65 Å². The van der Waals surface area contributed by atoms with Crippen LogP contribution in [0.5, 0.6) is 0 Å². The van der Waals surface area contributed by atoms with Crippen molar-refractivity contribution in [1.29, 1.82) is 0 Å². The number of rotatable bonds is 4. The van der Waals surface area contributed by atoms with Crippen LogP contribution in [0.1, 0.15) is 18.4 Å². The molecule has 6 heteroatoms. The van der Waals surface area contributed by atoms with Gasteiger partial charge in [0.1, 0.15) is 6.33 Å². The third-order valence-electron chi connectivity index (χ3n) is 4.81.